The van der Waals surface area contributed by atoms with E-state index in [0.717, 1.165) is 113 Å². The minimum Gasteiger partial charge on any atom is -0.305 e. The predicted octanol–water partition coefficient (Wildman–Crippen LogP) is 29.5. The zero-order valence-corrected chi connectivity index (χ0v) is 83.0. The van der Waals surface area contributed by atoms with Gasteiger partial charge in [-0.15, -0.1) is 287 Å². The van der Waals surface area contributed by atoms with Crippen LogP contribution in [0.15, 0.2) is 456 Å². The molecule has 0 aliphatic rings. The van der Waals surface area contributed by atoms with E-state index in [4.69, 9.17) is 0 Å². The van der Waals surface area contributed by atoms with Crippen LogP contribution in [0.3, 0.4) is 0 Å². The third kappa shape index (κ3) is 31.3. The van der Waals surface area contributed by atoms with E-state index in [0.29, 0.717) is 5.92 Å². The molecule has 8 aromatic heterocycles. The van der Waals surface area contributed by atoms with E-state index in [1.807, 2.05) is 329 Å². The fourth-order valence-corrected chi connectivity index (χ4v) is 13.5. The summed E-state index contributed by atoms with van der Waals surface area (Å²) in [7, 11) is 0. The fourth-order valence-electron chi connectivity index (χ4n) is 13.5. The summed E-state index contributed by atoms with van der Waals surface area (Å²) in [6, 6.07) is 158. The molecule has 0 unspecified atom stereocenters. The normalized spacial score (nSPS) is 9.90. The Balaban J connectivity index is 0.000000171. The molecule has 0 N–H and O–H groups in total. The van der Waals surface area contributed by atoms with Crippen molar-refractivity contribution in [1.29, 1.82) is 0 Å². The first-order valence-electron chi connectivity index (χ1n) is 42.3. The number of hydrogen-bond acceptors (Lipinski definition) is 8. The standard InChI is InChI=1S/C20H18N.C19H16N.C18H13FN.C18H14N.4C11H8N.4Ir/c1-15(2)18-13-20(17-11-7-4-8-12-17)21-14-19(18)16-9-5-3-6-10-16;1-2-15-13-19(17-11-7-4-8-12-17)20-14-18(15)16-9-5-3-6-10-16;1-13-11-18(15-5-3-2-4-6-15)20-12-17(13)14-7-9-16(19)10-8-14;1-14-12-18(16-10-6-3-7-11-16)19-13-17(14)15-8-4-2-5-9-15;4*1-2-6-10(7-3-1)11-8-4-5-9-12-11;;;;/h3-11,13-15H,1-2H3;3-11,13-14H,2H2,1H3;2-5,7-12H,1H3;2-10,12-13H,1H3;4*1-6,8-9H;;;;/q8*-1;;;;. The Bertz CT molecular complexity index is 6130. The molecular weight excluding hydrogens is 2330 g/mol. The van der Waals surface area contributed by atoms with E-state index in [1.165, 1.54) is 62.2 Å². The topological polar surface area (TPSA) is 103 Å². The molecule has 8 nitrogen and oxygen atoms in total. The Labute approximate surface area is 831 Å². The molecule has 4 radical (unpaired) electrons. The smallest absolute Gasteiger partial charge is 0.123 e. The first-order valence-corrected chi connectivity index (χ1v) is 42.3. The number of rotatable bonds is 14. The van der Waals surface area contributed by atoms with E-state index in [-0.39, 0.29) is 86.2 Å². The first kappa shape index (κ1) is 102. The summed E-state index contributed by atoms with van der Waals surface area (Å²) in [6.45, 7) is 10.8. The molecule has 0 spiro atoms. The van der Waals surface area contributed by atoms with Crippen LogP contribution in [0, 0.1) is 68.2 Å². The van der Waals surface area contributed by atoms with Gasteiger partial charge in [0.2, 0.25) is 0 Å². The number of halogens is 1. The van der Waals surface area contributed by atoms with Gasteiger partial charge in [0.15, 0.2) is 0 Å². The molecule has 0 aliphatic carbocycles. The molecule has 132 heavy (non-hydrogen) atoms. The van der Waals surface area contributed by atoms with Gasteiger partial charge in [-0.1, -0.05) is 197 Å². The maximum Gasteiger partial charge on any atom is 0.123 e. The largest absolute Gasteiger partial charge is 0.305 e. The second-order valence-corrected chi connectivity index (χ2v) is 29.3. The second-order valence-electron chi connectivity index (χ2n) is 29.3. The zero-order valence-electron chi connectivity index (χ0n) is 73.4. The van der Waals surface area contributed by atoms with Gasteiger partial charge in [-0.3, -0.25) is 0 Å². The van der Waals surface area contributed by atoms with Crippen LogP contribution in [-0.4, -0.2) is 39.9 Å². The van der Waals surface area contributed by atoms with Crippen LogP contribution in [0.25, 0.3) is 135 Å². The van der Waals surface area contributed by atoms with E-state index >= 15 is 0 Å². The number of aromatic nitrogens is 8. The average Bonchev–Trinajstić information content (AvgIpc) is 0.933. The summed E-state index contributed by atoms with van der Waals surface area (Å²) in [5.41, 5.74) is 30.2. The summed E-state index contributed by atoms with van der Waals surface area (Å²) in [6.07, 6.45) is 15.9. The maximum absolute atomic E-state index is 13.0. The first-order chi connectivity index (χ1) is 63.1. The molecule has 660 valence electrons. The average molecular weight is 2420 g/mol. The Hall–Kier alpha value is -13.6. The van der Waals surface area contributed by atoms with Crippen molar-refractivity contribution in [2.24, 2.45) is 0 Å². The Morgan fingerprint density at radius 2 is 0.470 bits per heavy atom. The summed E-state index contributed by atoms with van der Waals surface area (Å²) >= 11 is 0. The number of benzene rings is 12. The van der Waals surface area contributed by atoms with Crippen molar-refractivity contribution in [2.45, 2.75) is 47.0 Å². The summed E-state index contributed by atoms with van der Waals surface area (Å²) in [5, 5.41) is 0. The van der Waals surface area contributed by atoms with Crippen molar-refractivity contribution >= 4 is 0 Å². The molecule has 0 saturated carbocycles. The van der Waals surface area contributed by atoms with Crippen molar-refractivity contribution in [2.75, 3.05) is 0 Å². The molecule has 0 aliphatic heterocycles. The van der Waals surface area contributed by atoms with Crippen LogP contribution in [0.4, 0.5) is 4.39 Å². The fraction of sp³-hybridized carbons (Fsp3) is 0.0588. The van der Waals surface area contributed by atoms with Gasteiger partial charge in [-0.05, 0) is 153 Å². The number of nitrogens with zero attached hydrogens (tertiary/aromatic N) is 8. The molecule has 12 aromatic carbocycles. The van der Waals surface area contributed by atoms with Crippen LogP contribution in [0.2, 0.25) is 0 Å². The Morgan fingerprint density at radius 1 is 0.235 bits per heavy atom. The van der Waals surface area contributed by atoms with Gasteiger partial charge in [0, 0.05) is 152 Å². The SMILES string of the molecule is CC(C)c1cc(-c2[c-]cccc2)ncc1-c1ccccc1.CCc1cc(-c2[c-]cccc2)ncc1-c1ccccc1.Cc1cc(-c2[c-]cccc2)ncc1-c1ccc(F)cc1.Cc1cc(-c2[c-]cccc2)ncc1-c1ccccc1.[Ir].[Ir].[Ir].[Ir].[c-]1ccccc1-c1ccccn1.[c-]1ccccc1-c1ccccn1.[c-]1ccccc1-c1ccccn1.[c-]1ccccc1-c1ccccn1. The van der Waals surface area contributed by atoms with E-state index in [1.54, 1.807) is 36.9 Å². The van der Waals surface area contributed by atoms with E-state index in [9.17, 15) is 4.39 Å². The molecule has 20 rings (SSSR count). The van der Waals surface area contributed by atoms with Gasteiger partial charge < -0.3 is 39.9 Å². The van der Waals surface area contributed by atoms with Gasteiger partial charge in [0.1, 0.15) is 5.82 Å². The van der Waals surface area contributed by atoms with Crippen molar-refractivity contribution < 1.29 is 84.8 Å². The van der Waals surface area contributed by atoms with Gasteiger partial charge in [0.05, 0.1) is 0 Å². The van der Waals surface area contributed by atoms with Crippen molar-refractivity contribution in [1.82, 2.24) is 39.9 Å². The van der Waals surface area contributed by atoms with Gasteiger partial charge in [0.25, 0.3) is 0 Å². The quantitative estimate of drug-likeness (QED) is 0.0992. The Morgan fingerprint density at radius 3 is 0.727 bits per heavy atom. The van der Waals surface area contributed by atoms with Gasteiger partial charge in [-0.25, -0.2) is 4.39 Å². The van der Waals surface area contributed by atoms with Crippen LogP contribution in [0.1, 0.15) is 48.9 Å². The summed E-state index contributed by atoms with van der Waals surface area (Å²) < 4.78 is 13.0. The Kier molecular flexibility index (Phi) is 43.4. The molecule has 0 amide bonds. The minimum absolute atomic E-state index is 0. The second kappa shape index (κ2) is 56.1. The van der Waals surface area contributed by atoms with Crippen molar-refractivity contribution in [3.05, 3.63) is 533 Å². The summed E-state index contributed by atoms with van der Waals surface area (Å²) in [4.78, 5) is 35.1. The number of aryl methyl sites for hydroxylation is 3. The van der Waals surface area contributed by atoms with Crippen LogP contribution in [0.5, 0.6) is 0 Å². The molecule has 0 fully saturated rings. The van der Waals surface area contributed by atoms with Gasteiger partial charge >= 0.3 is 0 Å². The summed E-state index contributed by atoms with van der Waals surface area (Å²) in [5.74, 6) is 0.223. The van der Waals surface area contributed by atoms with Crippen LogP contribution >= 0.6 is 0 Å². The number of pyridine rings is 8. The third-order valence-electron chi connectivity index (χ3n) is 20.1. The molecular formula is C119H93FIr4N8-8. The van der Waals surface area contributed by atoms with E-state index in [2.05, 4.69) is 201 Å². The van der Waals surface area contributed by atoms with Crippen molar-refractivity contribution in [3.8, 4) is 135 Å². The molecule has 0 bridgehead atoms. The minimum atomic E-state index is -0.227. The van der Waals surface area contributed by atoms with Crippen LogP contribution in [-0.2, 0) is 86.8 Å². The van der Waals surface area contributed by atoms with Crippen LogP contribution < -0.4 is 0 Å². The maximum atomic E-state index is 13.0. The van der Waals surface area contributed by atoms with Gasteiger partial charge in [-0.2, -0.15) is 0 Å². The molecule has 8 heterocycles. The molecule has 13 heteroatoms. The monoisotopic (exact) mass is 2420 g/mol. The molecule has 0 saturated heterocycles. The zero-order chi connectivity index (χ0) is 88.4. The molecule has 20 aromatic rings. The van der Waals surface area contributed by atoms with Crippen molar-refractivity contribution in [3.63, 3.8) is 0 Å². The molecule has 0 atom stereocenters. The number of hydrogen-bond donors (Lipinski definition) is 0. The van der Waals surface area contributed by atoms with E-state index < -0.39 is 0 Å². The third-order valence-corrected chi connectivity index (χ3v) is 20.1. The predicted molar refractivity (Wildman–Crippen MR) is 523 cm³/mol.